The highest BCUT2D eigenvalue weighted by molar-refractivity contribution is 9.10. The Bertz CT molecular complexity index is 818. The zero-order chi connectivity index (χ0) is 16.3. The Hall–Kier alpha value is -1.37. The molecule has 7 heteroatoms. The highest BCUT2D eigenvalue weighted by Crippen LogP contribution is 2.23. The van der Waals surface area contributed by atoms with Crippen molar-refractivity contribution in [2.45, 2.75) is 11.5 Å². The molecule has 0 heterocycles. The minimum atomic E-state index is -3.42. The number of ether oxygens (including phenoxy) is 1. The van der Waals surface area contributed by atoms with Gasteiger partial charge in [-0.1, -0.05) is 45.7 Å². The number of benzene rings is 2. The first-order chi connectivity index (χ1) is 10.3. The van der Waals surface area contributed by atoms with Crippen molar-refractivity contribution in [2.24, 2.45) is 0 Å². The molecule has 2 rings (SSSR count). The van der Waals surface area contributed by atoms with E-state index in [9.17, 15) is 13.2 Å². The molecule has 0 unspecified atom stereocenters. The molecule has 0 aliphatic rings. The van der Waals surface area contributed by atoms with Crippen LogP contribution in [0.3, 0.4) is 0 Å². The number of hydrogen-bond acceptors (Lipinski definition) is 4. The van der Waals surface area contributed by atoms with Gasteiger partial charge in [0.2, 0.25) is 0 Å². The van der Waals surface area contributed by atoms with Crippen LogP contribution in [-0.2, 0) is 21.2 Å². The van der Waals surface area contributed by atoms with Gasteiger partial charge in [-0.05, 0) is 24.3 Å². The van der Waals surface area contributed by atoms with Crippen molar-refractivity contribution in [2.75, 3.05) is 6.26 Å². The number of rotatable bonds is 4. The zero-order valence-electron chi connectivity index (χ0n) is 11.5. The van der Waals surface area contributed by atoms with Gasteiger partial charge in [-0.3, -0.25) is 0 Å². The third kappa shape index (κ3) is 4.09. The lowest BCUT2D eigenvalue weighted by Crippen LogP contribution is -2.08. The van der Waals surface area contributed by atoms with Crippen molar-refractivity contribution >= 4 is 43.3 Å². The van der Waals surface area contributed by atoms with Crippen molar-refractivity contribution in [3.8, 4) is 0 Å². The van der Waals surface area contributed by atoms with E-state index in [1.54, 1.807) is 0 Å². The van der Waals surface area contributed by atoms with Crippen LogP contribution in [0.15, 0.2) is 51.8 Å². The summed E-state index contributed by atoms with van der Waals surface area (Å²) in [4.78, 5) is 12.1. The largest absolute Gasteiger partial charge is 0.457 e. The van der Waals surface area contributed by atoms with Crippen molar-refractivity contribution in [3.63, 3.8) is 0 Å². The Kier molecular flexibility index (Phi) is 5.26. The molecule has 2 aromatic rings. The minimum absolute atomic E-state index is 0.0183. The van der Waals surface area contributed by atoms with E-state index in [0.29, 0.717) is 0 Å². The molecular weight excluding hydrogens is 392 g/mol. The van der Waals surface area contributed by atoms with Crippen LogP contribution in [0, 0.1) is 0 Å². The van der Waals surface area contributed by atoms with E-state index in [1.807, 2.05) is 24.3 Å². The topological polar surface area (TPSA) is 60.4 Å². The average molecular weight is 404 g/mol. The Morgan fingerprint density at radius 1 is 1.23 bits per heavy atom. The number of halogens is 2. The molecule has 116 valence electrons. The lowest BCUT2D eigenvalue weighted by atomic mass is 10.2. The molecule has 0 spiro atoms. The maximum atomic E-state index is 12.1. The summed E-state index contributed by atoms with van der Waals surface area (Å²) in [7, 11) is -3.42. The zero-order valence-corrected chi connectivity index (χ0v) is 14.7. The number of hydrogen-bond donors (Lipinski definition) is 0. The number of carbonyl (C=O) groups is 1. The molecule has 0 radical (unpaired) electrons. The monoisotopic (exact) mass is 402 g/mol. The Balaban J connectivity index is 2.21. The molecule has 0 amide bonds. The lowest BCUT2D eigenvalue weighted by molar-refractivity contribution is 0.0472. The first-order valence-electron chi connectivity index (χ1n) is 6.19. The van der Waals surface area contributed by atoms with E-state index in [4.69, 9.17) is 16.3 Å². The molecule has 0 aliphatic heterocycles. The molecule has 22 heavy (non-hydrogen) atoms. The summed E-state index contributed by atoms with van der Waals surface area (Å²) in [5.41, 5.74) is 0.822. The van der Waals surface area contributed by atoms with Crippen molar-refractivity contribution in [1.82, 2.24) is 0 Å². The fraction of sp³-hybridized carbons (Fsp3) is 0.133. The van der Waals surface area contributed by atoms with Gasteiger partial charge in [0.05, 0.1) is 15.5 Å². The predicted octanol–water partition coefficient (Wildman–Crippen LogP) is 3.86. The summed E-state index contributed by atoms with van der Waals surface area (Å²) >= 11 is 9.31. The van der Waals surface area contributed by atoms with Crippen LogP contribution in [0.25, 0.3) is 0 Å². The fourth-order valence-electron chi connectivity index (χ4n) is 1.73. The molecule has 0 bridgehead atoms. The van der Waals surface area contributed by atoms with E-state index in [2.05, 4.69) is 15.9 Å². The normalized spacial score (nSPS) is 11.2. The highest BCUT2D eigenvalue weighted by atomic mass is 79.9. The number of carbonyl (C=O) groups excluding carboxylic acids is 1. The second kappa shape index (κ2) is 6.81. The highest BCUT2D eigenvalue weighted by Gasteiger charge is 2.17. The van der Waals surface area contributed by atoms with Crippen LogP contribution in [-0.4, -0.2) is 20.6 Å². The molecule has 0 atom stereocenters. The van der Waals surface area contributed by atoms with Gasteiger partial charge < -0.3 is 4.74 Å². The van der Waals surface area contributed by atoms with Crippen LogP contribution in [0.2, 0.25) is 5.02 Å². The second-order valence-electron chi connectivity index (χ2n) is 4.58. The Morgan fingerprint density at radius 3 is 2.55 bits per heavy atom. The van der Waals surface area contributed by atoms with E-state index < -0.39 is 15.8 Å². The Morgan fingerprint density at radius 2 is 1.91 bits per heavy atom. The van der Waals surface area contributed by atoms with Crippen molar-refractivity contribution in [3.05, 3.63) is 63.1 Å². The van der Waals surface area contributed by atoms with Crippen LogP contribution >= 0.6 is 27.5 Å². The predicted molar refractivity (Wildman–Crippen MR) is 87.8 cm³/mol. The summed E-state index contributed by atoms with van der Waals surface area (Å²) in [6.07, 6.45) is 1.06. The summed E-state index contributed by atoms with van der Waals surface area (Å²) in [6.45, 7) is 0.0552. The van der Waals surface area contributed by atoms with Gasteiger partial charge in [0.25, 0.3) is 0 Å². The Labute approximate surface area is 142 Å². The third-order valence-corrected chi connectivity index (χ3v) is 5.12. The number of esters is 1. The van der Waals surface area contributed by atoms with Crippen LogP contribution < -0.4 is 0 Å². The summed E-state index contributed by atoms with van der Waals surface area (Å²) in [5, 5.41) is 0.143. The molecule has 0 aliphatic carbocycles. The van der Waals surface area contributed by atoms with E-state index in [-0.39, 0.29) is 22.1 Å². The maximum absolute atomic E-state index is 12.1. The second-order valence-corrected chi connectivity index (χ2v) is 7.86. The first kappa shape index (κ1) is 17.0. The van der Waals surface area contributed by atoms with Gasteiger partial charge >= 0.3 is 5.97 Å². The quantitative estimate of drug-likeness (QED) is 0.727. The van der Waals surface area contributed by atoms with Gasteiger partial charge in [0, 0.05) is 16.3 Å². The molecule has 0 saturated heterocycles. The van der Waals surface area contributed by atoms with E-state index in [0.717, 1.165) is 16.3 Å². The summed E-state index contributed by atoms with van der Waals surface area (Å²) < 4.78 is 29.1. The molecule has 0 saturated carbocycles. The first-order valence-corrected chi connectivity index (χ1v) is 9.25. The fourth-order valence-corrected chi connectivity index (χ4v) is 2.97. The van der Waals surface area contributed by atoms with Crippen molar-refractivity contribution in [1.29, 1.82) is 0 Å². The van der Waals surface area contributed by atoms with E-state index >= 15 is 0 Å². The van der Waals surface area contributed by atoms with Gasteiger partial charge in [0.1, 0.15) is 6.61 Å². The van der Waals surface area contributed by atoms with Gasteiger partial charge in [0.15, 0.2) is 9.84 Å². The van der Waals surface area contributed by atoms with Gasteiger partial charge in [-0.15, -0.1) is 0 Å². The maximum Gasteiger partial charge on any atom is 0.340 e. The lowest BCUT2D eigenvalue weighted by Gasteiger charge is -2.09. The third-order valence-electron chi connectivity index (χ3n) is 2.90. The van der Waals surface area contributed by atoms with Crippen molar-refractivity contribution < 1.29 is 17.9 Å². The average Bonchev–Trinajstić information content (AvgIpc) is 2.45. The van der Waals surface area contributed by atoms with Crippen LogP contribution in [0.4, 0.5) is 0 Å². The minimum Gasteiger partial charge on any atom is -0.457 e. The molecule has 0 N–H and O–H groups in total. The molecule has 0 fully saturated rings. The van der Waals surface area contributed by atoms with Gasteiger partial charge in [-0.2, -0.15) is 0 Å². The van der Waals surface area contributed by atoms with Gasteiger partial charge in [-0.25, -0.2) is 13.2 Å². The SMILES string of the molecule is CS(=O)(=O)c1ccc(Cl)c(C(=O)OCc2ccccc2Br)c1. The summed E-state index contributed by atoms with van der Waals surface area (Å²) in [5.74, 6) is -0.675. The van der Waals surface area contributed by atoms with E-state index in [1.165, 1.54) is 18.2 Å². The standard InChI is InChI=1S/C15H12BrClO4S/c1-22(19,20)11-6-7-14(17)12(8-11)15(18)21-9-10-4-2-3-5-13(10)16/h2-8H,9H2,1H3. The molecule has 4 nitrogen and oxygen atoms in total. The van der Waals surface area contributed by atoms with Crippen LogP contribution in [0.1, 0.15) is 15.9 Å². The van der Waals surface area contributed by atoms with Crippen LogP contribution in [0.5, 0.6) is 0 Å². The summed E-state index contributed by atoms with van der Waals surface area (Å²) in [6, 6.07) is 11.3. The number of sulfone groups is 1. The molecule has 0 aromatic heterocycles. The molecular formula is C15H12BrClO4S. The smallest absolute Gasteiger partial charge is 0.340 e. The molecule has 2 aromatic carbocycles.